The van der Waals surface area contributed by atoms with Crippen molar-refractivity contribution in [2.24, 2.45) is 0 Å². The van der Waals surface area contributed by atoms with Crippen LogP contribution >= 0.6 is 23.1 Å². The number of benzene rings is 2. The van der Waals surface area contributed by atoms with E-state index in [9.17, 15) is 18.0 Å². The normalized spacial score (nSPS) is 13.9. The summed E-state index contributed by atoms with van der Waals surface area (Å²) in [6, 6.07) is 11.3. The van der Waals surface area contributed by atoms with Crippen LogP contribution in [0.2, 0.25) is 0 Å². The minimum atomic E-state index is -3.64. The fraction of sp³-hybridized carbons (Fsp3) is 0.360. The molecule has 4 rings (SSSR count). The lowest BCUT2D eigenvalue weighted by atomic mass is 10.1. The molecule has 1 aliphatic heterocycles. The second kappa shape index (κ2) is 13.9. The molecule has 0 atom stereocenters. The molecule has 0 bridgehead atoms. The van der Waals surface area contributed by atoms with E-state index in [0.29, 0.717) is 55.1 Å². The largest absolute Gasteiger partial charge is 0.493 e. The molecule has 2 N–H and O–H groups in total. The molecule has 1 aromatic heterocycles. The lowest BCUT2D eigenvalue weighted by Gasteiger charge is -2.26. The molecule has 0 aliphatic carbocycles. The summed E-state index contributed by atoms with van der Waals surface area (Å²) in [6.07, 6.45) is 0.631. The van der Waals surface area contributed by atoms with E-state index >= 15 is 0 Å². The van der Waals surface area contributed by atoms with Crippen LogP contribution in [0, 0.1) is 0 Å². The Bertz CT molecular complexity index is 1420. The van der Waals surface area contributed by atoms with Crippen LogP contribution in [0.5, 0.6) is 11.5 Å². The van der Waals surface area contributed by atoms with Crippen molar-refractivity contribution < 1.29 is 32.2 Å². The minimum absolute atomic E-state index is 0.113. The maximum Gasteiger partial charge on any atom is 0.257 e. The van der Waals surface area contributed by atoms with Gasteiger partial charge in [-0.3, -0.25) is 14.9 Å². The van der Waals surface area contributed by atoms with Crippen LogP contribution < -0.4 is 20.1 Å². The Kier molecular flexibility index (Phi) is 10.3. The second-order valence-corrected chi connectivity index (χ2v) is 12.6. The van der Waals surface area contributed by atoms with E-state index < -0.39 is 15.9 Å². The van der Waals surface area contributed by atoms with Gasteiger partial charge in [0.25, 0.3) is 5.91 Å². The molecule has 0 saturated carbocycles. The Morgan fingerprint density at radius 3 is 2.48 bits per heavy atom. The summed E-state index contributed by atoms with van der Waals surface area (Å²) in [5.74, 6) is 0.823. The van der Waals surface area contributed by atoms with Gasteiger partial charge in [-0.1, -0.05) is 29.2 Å². The van der Waals surface area contributed by atoms with Crippen LogP contribution in [-0.4, -0.2) is 87.6 Å². The number of methoxy groups -OCH3 is 2. The topological polar surface area (TPSA) is 149 Å². The Morgan fingerprint density at radius 1 is 1.05 bits per heavy atom. The van der Waals surface area contributed by atoms with Gasteiger partial charge in [-0.25, -0.2) is 8.42 Å². The number of sulfonamides is 1. The summed E-state index contributed by atoms with van der Waals surface area (Å²) < 4.78 is 43.1. The molecule has 1 aliphatic rings. The summed E-state index contributed by atoms with van der Waals surface area (Å²) >= 11 is 2.35. The molecule has 0 spiro atoms. The lowest BCUT2D eigenvalue weighted by Crippen LogP contribution is -2.40. The van der Waals surface area contributed by atoms with Crippen molar-refractivity contribution in [2.75, 3.05) is 58.1 Å². The number of hydrogen-bond donors (Lipinski definition) is 2. The number of nitrogens with zero attached hydrogens (tertiary/aromatic N) is 3. The molecule has 40 heavy (non-hydrogen) atoms. The smallest absolute Gasteiger partial charge is 0.257 e. The third kappa shape index (κ3) is 7.69. The first-order chi connectivity index (χ1) is 19.3. The predicted molar refractivity (Wildman–Crippen MR) is 151 cm³/mol. The van der Waals surface area contributed by atoms with E-state index in [0.717, 1.165) is 16.9 Å². The highest BCUT2D eigenvalue weighted by molar-refractivity contribution is 8.01. The van der Waals surface area contributed by atoms with Gasteiger partial charge in [0.15, 0.2) is 15.8 Å². The van der Waals surface area contributed by atoms with Gasteiger partial charge in [-0.2, -0.15) is 4.31 Å². The zero-order valence-electron chi connectivity index (χ0n) is 21.9. The van der Waals surface area contributed by atoms with Gasteiger partial charge in [-0.15, -0.1) is 10.2 Å². The highest BCUT2D eigenvalue weighted by Gasteiger charge is 2.26. The third-order valence-electron chi connectivity index (χ3n) is 5.86. The van der Waals surface area contributed by atoms with Crippen LogP contribution in [0.1, 0.15) is 15.9 Å². The number of carbonyl (C=O) groups is 2. The Labute approximate surface area is 240 Å². The van der Waals surface area contributed by atoms with E-state index in [4.69, 9.17) is 14.2 Å². The van der Waals surface area contributed by atoms with Crippen molar-refractivity contribution >= 4 is 50.1 Å². The molecule has 2 heterocycles. The highest BCUT2D eigenvalue weighted by Crippen LogP contribution is 2.28. The van der Waals surface area contributed by atoms with Gasteiger partial charge in [0, 0.05) is 25.2 Å². The summed E-state index contributed by atoms with van der Waals surface area (Å²) in [6.45, 7) is 1.75. The van der Waals surface area contributed by atoms with Crippen molar-refractivity contribution in [3.63, 3.8) is 0 Å². The number of rotatable bonds is 12. The van der Waals surface area contributed by atoms with Crippen molar-refractivity contribution in [1.82, 2.24) is 19.8 Å². The van der Waals surface area contributed by atoms with E-state index in [2.05, 4.69) is 20.8 Å². The monoisotopic (exact) mass is 607 g/mol. The summed E-state index contributed by atoms with van der Waals surface area (Å²) in [7, 11) is -0.493. The first kappa shape index (κ1) is 29.7. The Balaban J connectivity index is 1.22. The fourth-order valence-corrected chi connectivity index (χ4v) is 6.75. The van der Waals surface area contributed by atoms with Gasteiger partial charge in [0.1, 0.15) is 0 Å². The minimum Gasteiger partial charge on any atom is -0.493 e. The highest BCUT2D eigenvalue weighted by atomic mass is 32.2. The lowest BCUT2D eigenvalue weighted by molar-refractivity contribution is -0.118. The average Bonchev–Trinajstić information content (AvgIpc) is 3.43. The number of hydrogen-bond acceptors (Lipinski definition) is 11. The molecular formula is C25H29N5O7S3. The van der Waals surface area contributed by atoms with Crippen LogP contribution in [0.15, 0.2) is 51.7 Å². The molecule has 1 saturated heterocycles. The molecule has 214 valence electrons. The molecule has 1 fully saturated rings. The van der Waals surface area contributed by atoms with Gasteiger partial charge >= 0.3 is 0 Å². The SMILES string of the molecule is COc1ccc(CCNC(=O)CSc2nnc(NC(=O)c3ccc(S(=O)(=O)N4CCOCC4)cc3)s2)cc1OC. The number of nitrogens with one attached hydrogen (secondary N) is 2. The zero-order valence-corrected chi connectivity index (χ0v) is 24.4. The van der Waals surface area contributed by atoms with Crippen LogP contribution in [0.25, 0.3) is 0 Å². The first-order valence-electron chi connectivity index (χ1n) is 12.2. The molecule has 2 aromatic carbocycles. The van der Waals surface area contributed by atoms with Gasteiger partial charge in [-0.05, 0) is 48.4 Å². The van der Waals surface area contributed by atoms with Gasteiger partial charge in [0.2, 0.25) is 21.1 Å². The number of anilines is 1. The summed E-state index contributed by atoms with van der Waals surface area (Å²) in [5, 5.41) is 13.8. The molecule has 15 heteroatoms. The predicted octanol–water partition coefficient (Wildman–Crippen LogP) is 2.28. The molecule has 3 aromatic rings. The van der Waals surface area contributed by atoms with Crippen LogP contribution in [0.4, 0.5) is 5.13 Å². The maximum atomic E-state index is 12.8. The number of amides is 2. The molecule has 2 amide bonds. The Morgan fingerprint density at radius 2 is 1.77 bits per heavy atom. The third-order valence-corrected chi connectivity index (χ3v) is 9.75. The number of morpholine rings is 1. The van der Waals surface area contributed by atoms with E-state index in [1.165, 1.54) is 40.3 Å². The van der Waals surface area contributed by atoms with E-state index in [1.807, 2.05) is 18.2 Å². The van der Waals surface area contributed by atoms with Crippen LogP contribution in [-0.2, 0) is 26.0 Å². The van der Waals surface area contributed by atoms with Gasteiger partial charge in [0.05, 0.1) is 38.1 Å². The maximum absolute atomic E-state index is 12.8. The first-order valence-corrected chi connectivity index (χ1v) is 15.5. The second-order valence-electron chi connectivity index (χ2n) is 8.45. The molecule has 12 nitrogen and oxygen atoms in total. The van der Waals surface area contributed by atoms with E-state index in [-0.39, 0.29) is 27.3 Å². The Hall–Kier alpha value is -3.24. The number of carbonyl (C=O) groups excluding carboxylic acids is 2. The van der Waals surface area contributed by atoms with E-state index in [1.54, 1.807) is 14.2 Å². The zero-order chi connectivity index (χ0) is 28.5. The van der Waals surface area contributed by atoms with Crippen LogP contribution in [0.3, 0.4) is 0 Å². The fourth-order valence-electron chi connectivity index (χ4n) is 3.76. The number of thioether (sulfide) groups is 1. The van der Waals surface area contributed by atoms with Gasteiger partial charge < -0.3 is 19.5 Å². The van der Waals surface area contributed by atoms with Crippen molar-refractivity contribution in [3.8, 4) is 11.5 Å². The number of ether oxygens (including phenoxy) is 3. The molecule has 0 unspecified atom stereocenters. The summed E-state index contributed by atoms with van der Waals surface area (Å²) in [5.41, 5.74) is 1.28. The standard InChI is InChI=1S/C25H29N5O7S3/c1-35-20-8-3-17(15-21(20)36-2)9-10-26-22(31)16-38-25-29-28-24(39-25)27-23(32)18-4-6-19(7-5-18)40(33,34)30-11-13-37-14-12-30/h3-8,15H,9-14,16H2,1-2H3,(H,26,31)(H,27,28,32). The number of aromatic nitrogens is 2. The average molecular weight is 608 g/mol. The van der Waals surface area contributed by atoms with Crippen molar-refractivity contribution in [1.29, 1.82) is 0 Å². The van der Waals surface area contributed by atoms with Crippen molar-refractivity contribution in [2.45, 2.75) is 15.7 Å². The molecular weight excluding hydrogens is 579 g/mol. The quantitative estimate of drug-likeness (QED) is 0.232. The summed E-state index contributed by atoms with van der Waals surface area (Å²) in [4.78, 5) is 25.0. The molecule has 0 radical (unpaired) electrons. The van der Waals surface area contributed by atoms with Crippen molar-refractivity contribution in [3.05, 3.63) is 53.6 Å².